The maximum Gasteiger partial charge on any atom is 0.405 e. The Morgan fingerprint density at radius 2 is 1.90 bits per heavy atom. The zero-order valence-electron chi connectivity index (χ0n) is 26.4. The molecule has 0 radical (unpaired) electrons. The second-order valence-corrected chi connectivity index (χ2v) is 13.4. The number of anilines is 2. The number of aromatic nitrogens is 8. The number of nitrogen functional groups attached to an aromatic ring is 2. The molecule has 2 aliphatic heterocycles. The lowest BCUT2D eigenvalue weighted by Gasteiger charge is -2.26. The van der Waals surface area contributed by atoms with E-state index in [2.05, 4.69) is 35.0 Å². The summed E-state index contributed by atoms with van der Waals surface area (Å²) >= 11 is 0. The van der Waals surface area contributed by atoms with Crippen LogP contribution < -0.4 is 22.1 Å². The molecule has 0 spiro atoms. The number of fused-ring (bicyclic) bond motifs is 2. The summed E-state index contributed by atoms with van der Waals surface area (Å²) in [4.78, 5) is 37.4. The van der Waals surface area contributed by atoms with Gasteiger partial charge in [0.05, 0.1) is 25.9 Å². The van der Waals surface area contributed by atoms with E-state index in [4.69, 9.17) is 34.7 Å². The first-order valence-electron chi connectivity index (χ1n) is 15.1. The Bertz CT molecular complexity index is 1830. The Hall–Kier alpha value is -3.63. The largest absolute Gasteiger partial charge is 0.405 e. The van der Waals surface area contributed by atoms with Crippen LogP contribution in [0.4, 0.5) is 11.8 Å². The monoisotopic (exact) mass is 694 g/mol. The van der Waals surface area contributed by atoms with Gasteiger partial charge in [-0.2, -0.15) is 4.98 Å². The molecule has 0 saturated carbocycles. The maximum atomic E-state index is 14.3. The van der Waals surface area contributed by atoms with Gasteiger partial charge in [-0.3, -0.25) is 28.0 Å². The van der Waals surface area contributed by atoms with Crippen molar-refractivity contribution in [2.75, 3.05) is 59.0 Å². The van der Waals surface area contributed by atoms with Crippen LogP contribution in [0.2, 0.25) is 0 Å². The van der Waals surface area contributed by atoms with Gasteiger partial charge in [-0.15, -0.1) is 0 Å². The number of nitrogens with zero attached hydrogens (tertiary/aromatic N) is 8. The van der Waals surface area contributed by atoms with Crippen molar-refractivity contribution in [3.63, 3.8) is 0 Å². The van der Waals surface area contributed by atoms with E-state index in [0.717, 1.165) is 0 Å². The van der Waals surface area contributed by atoms with Crippen LogP contribution in [-0.4, -0.2) is 132 Å². The van der Waals surface area contributed by atoms with Crippen LogP contribution in [0.5, 0.6) is 0 Å². The first kappa shape index (κ1) is 34.2. The molecule has 262 valence electrons. The lowest BCUT2D eigenvalue weighted by molar-refractivity contribution is -0.0597. The molecule has 8 N–H and O–H groups in total. The Morgan fingerprint density at radius 3 is 2.65 bits per heavy atom. The number of aliphatic hydroxyl groups is 2. The topological polar surface area (TPSA) is 278 Å². The van der Waals surface area contributed by atoms with Crippen LogP contribution in [-0.2, 0) is 27.8 Å². The summed E-state index contributed by atoms with van der Waals surface area (Å²) in [6, 6.07) is 0. The predicted molar refractivity (Wildman–Crippen MR) is 168 cm³/mol. The van der Waals surface area contributed by atoms with E-state index in [1.54, 1.807) is 4.57 Å². The van der Waals surface area contributed by atoms with Crippen molar-refractivity contribution in [2.45, 2.75) is 55.8 Å². The summed E-state index contributed by atoms with van der Waals surface area (Å²) < 4.78 is 47.1. The fourth-order valence-electron chi connectivity index (χ4n) is 5.77. The summed E-state index contributed by atoms with van der Waals surface area (Å²) in [6.07, 6.45) is -1.81. The average molecular weight is 695 g/mol. The van der Waals surface area contributed by atoms with E-state index in [1.165, 1.54) is 30.7 Å². The molecule has 0 bridgehead atoms. The molecular formula is C26H39N12O9P. The molecule has 48 heavy (non-hydrogen) atoms. The second kappa shape index (κ2) is 14.1. The minimum atomic E-state index is -4.14. The van der Waals surface area contributed by atoms with Crippen LogP contribution in [0.3, 0.4) is 0 Å². The molecule has 4 aromatic heterocycles. The summed E-state index contributed by atoms with van der Waals surface area (Å²) in [5.74, 6) is 0.0747. The number of H-pyrrole nitrogens is 1. The van der Waals surface area contributed by atoms with Gasteiger partial charge in [0, 0.05) is 20.1 Å². The van der Waals surface area contributed by atoms with Gasteiger partial charge in [-0.1, -0.05) is 0 Å². The number of ether oxygens (including phenoxy) is 3. The van der Waals surface area contributed by atoms with Crippen molar-refractivity contribution in [1.29, 1.82) is 0 Å². The number of aliphatic hydroxyl groups excluding tert-OH is 2. The van der Waals surface area contributed by atoms with Gasteiger partial charge >= 0.3 is 7.75 Å². The number of nitrogens with two attached hydrogens (primary N) is 2. The van der Waals surface area contributed by atoms with Gasteiger partial charge in [-0.05, 0) is 27.1 Å². The van der Waals surface area contributed by atoms with Crippen LogP contribution in [0.25, 0.3) is 22.3 Å². The predicted octanol–water partition coefficient (Wildman–Crippen LogP) is -1.27. The molecular weight excluding hydrogens is 655 g/mol. The normalized spacial score (nSPS) is 27.4. The Balaban J connectivity index is 1.19. The van der Waals surface area contributed by atoms with Crippen molar-refractivity contribution >= 4 is 41.8 Å². The van der Waals surface area contributed by atoms with E-state index in [-0.39, 0.29) is 42.5 Å². The third-order valence-electron chi connectivity index (χ3n) is 8.14. The number of nitrogens with one attached hydrogen (secondary N) is 2. The fraction of sp³-hybridized carbons (Fsp3) is 0.615. The summed E-state index contributed by atoms with van der Waals surface area (Å²) in [6.45, 7) is 0.115. The second-order valence-electron chi connectivity index (χ2n) is 11.7. The zero-order chi connectivity index (χ0) is 34.2. The van der Waals surface area contributed by atoms with Crippen LogP contribution in [0.1, 0.15) is 25.3 Å². The lowest BCUT2D eigenvalue weighted by atomic mass is 10.1. The van der Waals surface area contributed by atoms with Crippen molar-refractivity contribution in [3.05, 3.63) is 29.3 Å². The number of rotatable bonds is 14. The molecule has 3 unspecified atom stereocenters. The Morgan fingerprint density at radius 1 is 1.12 bits per heavy atom. The summed E-state index contributed by atoms with van der Waals surface area (Å²) in [5, 5.41) is 24.2. The zero-order valence-corrected chi connectivity index (χ0v) is 27.3. The first-order chi connectivity index (χ1) is 23.0. The van der Waals surface area contributed by atoms with Gasteiger partial charge in [0.15, 0.2) is 28.9 Å². The van der Waals surface area contributed by atoms with Crippen LogP contribution in [0, 0.1) is 0 Å². The van der Waals surface area contributed by atoms with Crippen molar-refractivity contribution < 1.29 is 38.0 Å². The fourth-order valence-corrected chi connectivity index (χ4v) is 7.35. The van der Waals surface area contributed by atoms with E-state index in [9.17, 15) is 19.6 Å². The van der Waals surface area contributed by atoms with Gasteiger partial charge in [0.25, 0.3) is 5.56 Å². The molecule has 2 fully saturated rings. The molecule has 21 nitrogen and oxygen atoms in total. The van der Waals surface area contributed by atoms with Crippen molar-refractivity contribution in [2.24, 2.45) is 0 Å². The maximum absolute atomic E-state index is 14.3. The molecule has 0 aromatic carbocycles. The third kappa shape index (κ3) is 6.79. The number of aromatic amines is 1. The molecule has 6 rings (SSSR count). The highest BCUT2D eigenvalue weighted by Crippen LogP contribution is 2.49. The van der Waals surface area contributed by atoms with E-state index < -0.39 is 62.9 Å². The van der Waals surface area contributed by atoms with Gasteiger partial charge in [0.2, 0.25) is 5.95 Å². The van der Waals surface area contributed by atoms with Crippen LogP contribution >= 0.6 is 7.75 Å². The highest BCUT2D eigenvalue weighted by atomic mass is 31.2. The molecule has 4 aromatic rings. The first-order valence-corrected chi connectivity index (χ1v) is 16.7. The Labute approximate surface area is 273 Å². The van der Waals surface area contributed by atoms with Gasteiger partial charge in [0.1, 0.15) is 48.6 Å². The number of hydrogen-bond acceptors (Lipinski definition) is 17. The molecule has 2 aliphatic rings. The number of imidazole rings is 2. The van der Waals surface area contributed by atoms with Gasteiger partial charge in [-0.25, -0.2) is 29.6 Å². The Kier molecular flexibility index (Phi) is 10.0. The minimum absolute atomic E-state index is 0.0525. The molecule has 22 heteroatoms. The molecule has 0 amide bonds. The molecule has 6 heterocycles. The highest BCUT2D eigenvalue weighted by Gasteiger charge is 2.48. The minimum Gasteiger partial charge on any atom is -0.394 e. The smallest absolute Gasteiger partial charge is 0.394 e. The number of methoxy groups -OCH3 is 1. The van der Waals surface area contributed by atoms with E-state index in [1.807, 2.05) is 19.0 Å². The number of hydrogen-bond donors (Lipinski definition) is 6. The lowest BCUT2D eigenvalue weighted by Crippen LogP contribution is -2.36. The van der Waals surface area contributed by atoms with E-state index in [0.29, 0.717) is 24.1 Å². The standard InChI is InChI=1S/C26H39N12O9P/c1-36(2)6-4-5-33-48(42,47-13-7-16(45-14(13)8-39)37-11-32-18-23(37)34-26(28)35-24(18)41)44-9-15-19(40)20(43-3)25(46-15)38-12-31-17-21(27)29-10-30-22(17)38/h10-16,19-20,25,39-40H,4-9H2,1-3H3,(H,33,42)(H2,27,29,30)(H3,28,34,35,41)/t13?,14-,15-,16-,19?,20+,25-,48?/m1/s1. The molecule has 0 aliphatic carbocycles. The van der Waals surface area contributed by atoms with Crippen LogP contribution in [0.15, 0.2) is 23.8 Å². The third-order valence-corrected chi connectivity index (χ3v) is 9.79. The quantitative estimate of drug-likeness (QED) is 0.0663. The van der Waals surface area contributed by atoms with Crippen molar-refractivity contribution in [3.8, 4) is 0 Å². The summed E-state index contributed by atoms with van der Waals surface area (Å²) in [7, 11) is 1.10. The molecule has 8 atom stereocenters. The van der Waals surface area contributed by atoms with Gasteiger partial charge < -0.3 is 40.8 Å². The average Bonchev–Trinajstić information content (AvgIpc) is 3.82. The summed E-state index contributed by atoms with van der Waals surface area (Å²) in [5.41, 5.74) is 12.1. The SMILES string of the molecule is CO[C@H]1C(O)[C@@H](COP(=O)(NCCCN(C)C)OC2C[C@H](n3cnc4c(=O)[nH]c(N)nc43)O[C@@H]2CO)O[C@H]1n1cnc2c(N)ncnc21. The van der Waals surface area contributed by atoms with Crippen molar-refractivity contribution in [1.82, 2.24) is 49.0 Å². The molecule has 2 saturated heterocycles. The highest BCUT2D eigenvalue weighted by molar-refractivity contribution is 7.51. The van der Waals surface area contributed by atoms with E-state index >= 15 is 0 Å².